The van der Waals surface area contributed by atoms with Gasteiger partial charge in [-0.2, -0.15) is 0 Å². The second-order valence-electron chi connectivity index (χ2n) is 19.0. The van der Waals surface area contributed by atoms with E-state index in [2.05, 4.69) is 149 Å². The van der Waals surface area contributed by atoms with Crippen molar-refractivity contribution in [2.45, 2.75) is 154 Å². The van der Waals surface area contributed by atoms with Crippen LogP contribution in [0.3, 0.4) is 0 Å². The van der Waals surface area contributed by atoms with Crippen LogP contribution in [0.1, 0.15) is 174 Å². The minimum absolute atomic E-state index is 0.0617. The number of aryl methyl sites for hydroxylation is 2. The van der Waals surface area contributed by atoms with Gasteiger partial charge in [-0.15, -0.1) is 0 Å². The van der Waals surface area contributed by atoms with Crippen LogP contribution in [0.4, 0.5) is 0 Å². The molecular weight excluding hydrogens is 721 g/mol. The lowest BCUT2D eigenvalue weighted by atomic mass is 9.69. The van der Waals surface area contributed by atoms with Crippen LogP contribution >= 0.6 is 0 Å². The Morgan fingerprint density at radius 3 is 1.17 bits per heavy atom. The first-order chi connectivity index (χ1) is 29.5. The Hall–Kier alpha value is -4.68. The van der Waals surface area contributed by atoms with E-state index in [-0.39, 0.29) is 10.8 Å². The van der Waals surface area contributed by atoms with E-state index in [9.17, 15) is 0 Å². The number of hydrogen-bond acceptors (Lipinski definition) is 0. The summed E-state index contributed by atoms with van der Waals surface area (Å²) in [4.78, 5) is 0. The maximum Gasteiger partial charge on any atom is 0.0725 e. The molecule has 0 aromatic heterocycles. The average Bonchev–Trinajstić information content (AvgIpc) is 3.84. The molecule has 0 saturated carbocycles. The van der Waals surface area contributed by atoms with Gasteiger partial charge in [0.25, 0.3) is 0 Å². The lowest BCUT2D eigenvalue weighted by Crippen LogP contribution is -2.26. The van der Waals surface area contributed by atoms with Crippen molar-refractivity contribution in [2.75, 3.05) is 0 Å². The predicted octanol–water partition coefficient (Wildman–Crippen LogP) is 17.6. The van der Waals surface area contributed by atoms with E-state index in [1.807, 2.05) is 0 Å². The van der Waals surface area contributed by atoms with Crippen LogP contribution in [0.2, 0.25) is 0 Å². The summed E-state index contributed by atoms with van der Waals surface area (Å²) < 4.78 is 0. The van der Waals surface area contributed by atoms with Crippen molar-refractivity contribution in [2.24, 2.45) is 0 Å². The monoisotopic (exact) mass is 789 g/mol. The molecule has 0 amide bonds. The van der Waals surface area contributed by atoms with Crippen molar-refractivity contribution in [1.82, 2.24) is 0 Å². The number of fused-ring (bicyclic) bond motifs is 13. The second kappa shape index (κ2) is 17.7. The summed E-state index contributed by atoms with van der Waals surface area (Å²) >= 11 is 0. The largest absolute Gasteiger partial charge is 0.0725 e. The Labute approximate surface area is 362 Å². The number of benzene rings is 6. The summed E-state index contributed by atoms with van der Waals surface area (Å²) in [5.41, 5.74) is 22.5. The lowest BCUT2D eigenvalue weighted by Gasteiger charge is -2.33. The van der Waals surface area contributed by atoms with E-state index in [0.29, 0.717) is 0 Å². The Morgan fingerprint density at radius 1 is 0.317 bits per heavy atom. The molecule has 60 heavy (non-hydrogen) atoms. The van der Waals surface area contributed by atoms with Gasteiger partial charge >= 0.3 is 0 Å². The molecular formula is C60H68. The van der Waals surface area contributed by atoms with Crippen molar-refractivity contribution in [3.05, 3.63) is 166 Å². The molecule has 0 atom stereocenters. The van der Waals surface area contributed by atoms with Crippen molar-refractivity contribution in [3.8, 4) is 44.5 Å². The molecule has 0 radical (unpaired) electrons. The van der Waals surface area contributed by atoms with E-state index in [1.54, 1.807) is 11.1 Å². The highest BCUT2D eigenvalue weighted by molar-refractivity contribution is 5.96. The van der Waals surface area contributed by atoms with Crippen LogP contribution in [0.25, 0.3) is 44.5 Å². The minimum atomic E-state index is -0.332. The number of unbranched alkanes of at least 4 members (excludes halogenated alkanes) is 14. The molecule has 0 heteroatoms. The molecule has 1 spiro atoms. The average molecular weight is 789 g/mol. The van der Waals surface area contributed by atoms with Gasteiger partial charge in [-0.3, -0.25) is 0 Å². The predicted molar refractivity (Wildman–Crippen MR) is 258 cm³/mol. The van der Waals surface area contributed by atoms with Gasteiger partial charge < -0.3 is 0 Å². The first-order valence-electron chi connectivity index (χ1n) is 24.2. The SMILES string of the molecule is CCCCCCCCCCC1(CCCCCCCCCC)c2cc(C)ccc2-c2ccc(-c3ccc4c(c3)C3(c5ccccc5-c5ccccc53)c3cc(C)ccc3-4)cc21. The van der Waals surface area contributed by atoms with Gasteiger partial charge in [0.2, 0.25) is 0 Å². The summed E-state index contributed by atoms with van der Waals surface area (Å²) in [6, 6.07) is 48.1. The van der Waals surface area contributed by atoms with Crippen molar-refractivity contribution >= 4 is 0 Å². The van der Waals surface area contributed by atoms with Crippen LogP contribution in [0.5, 0.6) is 0 Å². The van der Waals surface area contributed by atoms with E-state index in [0.717, 1.165) is 0 Å². The Morgan fingerprint density at radius 2 is 0.667 bits per heavy atom. The van der Waals surface area contributed by atoms with Crippen molar-refractivity contribution in [1.29, 1.82) is 0 Å². The van der Waals surface area contributed by atoms with E-state index >= 15 is 0 Å². The summed E-state index contributed by atoms with van der Waals surface area (Å²) in [5, 5.41) is 0. The van der Waals surface area contributed by atoms with Crippen LogP contribution in [0.15, 0.2) is 121 Å². The van der Waals surface area contributed by atoms with E-state index < -0.39 is 0 Å². The third-order valence-electron chi connectivity index (χ3n) is 15.0. The Balaban J connectivity index is 1.12. The van der Waals surface area contributed by atoms with Crippen molar-refractivity contribution < 1.29 is 0 Å². The topological polar surface area (TPSA) is 0 Å². The molecule has 6 aromatic rings. The molecule has 9 rings (SSSR count). The third-order valence-corrected chi connectivity index (χ3v) is 15.0. The normalized spacial score (nSPS) is 14.5. The standard InChI is InChI=1S/C60H68/c1-5-7-9-11-13-15-17-23-37-59(38-24-18-16-14-12-10-8-6-2)55-39-43(3)29-33-49(55)50-35-31-45(41-56(50)59)46-32-36-52-51-34-30-44(4)40-57(51)60(58(52)42-46)53-27-21-19-25-47(53)48-26-20-22-28-54(48)60/h19-22,25-36,39-42H,5-18,23-24,37-38H2,1-4H3. The van der Waals surface area contributed by atoms with Crippen LogP contribution in [0, 0.1) is 13.8 Å². The molecule has 0 fully saturated rings. The number of hydrogen-bond donors (Lipinski definition) is 0. The molecule has 3 aliphatic carbocycles. The van der Waals surface area contributed by atoms with Gasteiger partial charge in [-0.25, -0.2) is 0 Å². The second-order valence-corrected chi connectivity index (χ2v) is 19.0. The molecule has 3 aliphatic rings. The highest BCUT2D eigenvalue weighted by Gasteiger charge is 2.52. The number of rotatable bonds is 19. The fraction of sp³-hybridized carbons (Fsp3) is 0.400. The molecule has 0 saturated heterocycles. The summed E-state index contributed by atoms with van der Waals surface area (Å²) in [5.74, 6) is 0. The van der Waals surface area contributed by atoms with Gasteiger partial charge in [-0.1, -0.05) is 237 Å². The van der Waals surface area contributed by atoms with Crippen LogP contribution in [-0.2, 0) is 10.8 Å². The molecule has 0 N–H and O–H groups in total. The third kappa shape index (κ3) is 7.11. The van der Waals surface area contributed by atoms with E-state index in [1.165, 1.54) is 193 Å². The zero-order valence-electron chi connectivity index (χ0n) is 37.3. The summed E-state index contributed by atoms with van der Waals surface area (Å²) in [7, 11) is 0. The highest BCUT2D eigenvalue weighted by Crippen LogP contribution is 2.63. The molecule has 0 heterocycles. The zero-order valence-corrected chi connectivity index (χ0v) is 37.3. The quantitative estimate of drug-likeness (QED) is 0.0716. The maximum atomic E-state index is 2.66. The molecule has 6 aromatic carbocycles. The first kappa shape index (κ1) is 40.7. The molecule has 0 aliphatic heterocycles. The van der Waals surface area contributed by atoms with Crippen molar-refractivity contribution in [3.63, 3.8) is 0 Å². The smallest absolute Gasteiger partial charge is 0.0654 e. The zero-order chi connectivity index (χ0) is 41.1. The van der Waals surface area contributed by atoms with Crippen LogP contribution in [-0.4, -0.2) is 0 Å². The molecule has 0 bridgehead atoms. The van der Waals surface area contributed by atoms with Gasteiger partial charge in [0, 0.05) is 5.41 Å². The van der Waals surface area contributed by atoms with E-state index in [4.69, 9.17) is 0 Å². The summed E-state index contributed by atoms with van der Waals surface area (Å²) in [6.07, 6.45) is 24.3. The fourth-order valence-electron chi connectivity index (χ4n) is 12.0. The lowest BCUT2D eigenvalue weighted by molar-refractivity contribution is 0.397. The van der Waals surface area contributed by atoms with Gasteiger partial charge in [0.05, 0.1) is 5.41 Å². The van der Waals surface area contributed by atoms with Crippen LogP contribution < -0.4 is 0 Å². The highest BCUT2D eigenvalue weighted by atomic mass is 14.5. The Kier molecular flexibility index (Phi) is 12.0. The fourth-order valence-corrected chi connectivity index (χ4v) is 12.0. The first-order valence-corrected chi connectivity index (χ1v) is 24.2. The van der Waals surface area contributed by atoms with Gasteiger partial charge in [0.15, 0.2) is 0 Å². The molecule has 0 nitrogen and oxygen atoms in total. The Bertz CT molecular complexity index is 2390. The summed E-state index contributed by atoms with van der Waals surface area (Å²) in [6.45, 7) is 9.22. The molecule has 0 unspecified atom stereocenters. The minimum Gasteiger partial charge on any atom is -0.0654 e. The maximum absolute atomic E-state index is 2.66. The molecule has 308 valence electrons. The van der Waals surface area contributed by atoms with Gasteiger partial charge in [0.1, 0.15) is 0 Å². The van der Waals surface area contributed by atoms with Gasteiger partial charge in [-0.05, 0) is 117 Å².